The number of halogens is 1. The van der Waals surface area contributed by atoms with Crippen LogP contribution in [-0.2, 0) is 4.79 Å². The Labute approximate surface area is 177 Å². The molecule has 0 aromatic heterocycles. The minimum absolute atomic E-state index is 0. The third-order valence-electron chi connectivity index (χ3n) is 4.64. The fourth-order valence-electron chi connectivity index (χ4n) is 2.99. The highest BCUT2D eigenvalue weighted by atomic mass is 127. The van der Waals surface area contributed by atoms with Crippen molar-refractivity contribution >= 4 is 47.6 Å². The smallest absolute Gasteiger partial charge is 0.244 e. The number of nitrogens with one attached hydrogen (secondary N) is 2. The summed E-state index contributed by atoms with van der Waals surface area (Å²) in [6, 6.07) is 10.6. The van der Waals surface area contributed by atoms with E-state index in [1.165, 1.54) is 17.7 Å². The molecular formula is C19H29IN4OS. The van der Waals surface area contributed by atoms with Crippen molar-refractivity contribution in [1.29, 1.82) is 0 Å². The number of carbonyl (C=O) groups is 1. The highest BCUT2D eigenvalue weighted by Crippen LogP contribution is 2.51. The molecular weight excluding hydrogens is 459 g/mol. The molecule has 1 aromatic carbocycles. The molecule has 0 atom stereocenters. The number of nitrogens with zero attached hydrogens (tertiary/aromatic N) is 2. The van der Waals surface area contributed by atoms with Crippen molar-refractivity contribution < 1.29 is 4.79 Å². The van der Waals surface area contributed by atoms with Crippen LogP contribution in [-0.4, -0.2) is 54.2 Å². The molecule has 1 saturated carbocycles. The zero-order valence-corrected chi connectivity index (χ0v) is 18.5. The van der Waals surface area contributed by atoms with Gasteiger partial charge in [-0.15, -0.1) is 35.7 Å². The van der Waals surface area contributed by atoms with Gasteiger partial charge in [0.25, 0.3) is 0 Å². The maximum Gasteiger partial charge on any atom is 0.244 e. The minimum Gasteiger partial charge on any atom is -0.357 e. The monoisotopic (exact) mass is 488 g/mol. The van der Waals surface area contributed by atoms with E-state index in [-0.39, 0.29) is 41.2 Å². The number of thioether (sulfide) groups is 1. The molecule has 2 aliphatic rings. The van der Waals surface area contributed by atoms with Crippen molar-refractivity contribution in [3.63, 3.8) is 0 Å². The third-order valence-corrected chi connectivity index (χ3v) is 6.13. The Bertz CT molecular complexity index is 601. The SMILES string of the molecule is CCNC(=NCC(=O)N1CCCC1)NCC1(Sc2ccccc2)CC1.I. The first-order chi connectivity index (χ1) is 12.2. The van der Waals surface area contributed by atoms with Gasteiger partial charge < -0.3 is 15.5 Å². The quantitative estimate of drug-likeness (QED) is 0.352. The van der Waals surface area contributed by atoms with Gasteiger partial charge in [-0.1, -0.05) is 18.2 Å². The number of rotatable bonds is 7. The number of carbonyl (C=O) groups excluding carboxylic acids is 1. The molecule has 26 heavy (non-hydrogen) atoms. The van der Waals surface area contributed by atoms with Gasteiger partial charge in [0.15, 0.2) is 5.96 Å². The summed E-state index contributed by atoms with van der Waals surface area (Å²) < 4.78 is 0.260. The first kappa shape index (κ1) is 21.3. The predicted octanol–water partition coefficient (Wildman–Crippen LogP) is 3.11. The third kappa shape index (κ3) is 6.33. The second-order valence-electron chi connectivity index (χ2n) is 6.73. The van der Waals surface area contributed by atoms with Gasteiger partial charge in [0.05, 0.1) is 0 Å². The maximum absolute atomic E-state index is 12.2. The topological polar surface area (TPSA) is 56.7 Å². The lowest BCUT2D eigenvalue weighted by Crippen LogP contribution is -2.42. The second-order valence-corrected chi connectivity index (χ2v) is 8.28. The minimum atomic E-state index is 0. The Kier molecular flexibility index (Phi) is 8.53. The summed E-state index contributed by atoms with van der Waals surface area (Å²) in [5, 5.41) is 6.69. The molecule has 3 rings (SSSR count). The molecule has 1 amide bonds. The molecule has 5 nitrogen and oxygen atoms in total. The highest BCUT2D eigenvalue weighted by Gasteiger charge is 2.43. The summed E-state index contributed by atoms with van der Waals surface area (Å²) in [5.41, 5.74) is 0. The summed E-state index contributed by atoms with van der Waals surface area (Å²) >= 11 is 1.94. The van der Waals surface area contributed by atoms with E-state index in [9.17, 15) is 4.79 Å². The summed E-state index contributed by atoms with van der Waals surface area (Å²) in [4.78, 5) is 19.9. The summed E-state index contributed by atoms with van der Waals surface area (Å²) in [6.07, 6.45) is 4.66. The Morgan fingerprint density at radius 3 is 2.50 bits per heavy atom. The Morgan fingerprint density at radius 2 is 1.88 bits per heavy atom. The van der Waals surface area contributed by atoms with E-state index >= 15 is 0 Å². The van der Waals surface area contributed by atoms with Gasteiger partial charge in [-0.2, -0.15) is 0 Å². The van der Waals surface area contributed by atoms with Crippen LogP contribution in [0.2, 0.25) is 0 Å². The summed E-state index contributed by atoms with van der Waals surface area (Å²) in [6.45, 7) is 5.71. The molecule has 2 N–H and O–H groups in total. The maximum atomic E-state index is 12.2. The van der Waals surface area contributed by atoms with Crippen LogP contribution in [0.3, 0.4) is 0 Å². The van der Waals surface area contributed by atoms with Crippen molar-refractivity contribution in [2.75, 3.05) is 32.7 Å². The molecule has 0 spiro atoms. The van der Waals surface area contributed by atoms with Crippen molar-refractivity contribution in [2.24, 2.45) is 4.99 Å². The number of guanidine groups is 1. The normalized spacial score (nSPS) is 18.2. The van der Waals surface area contributed by atoms with Crippen LogP contribution in [0.15, 0.2) is 40.2 Å². The zero-order valence-electron chi connectivity index (χ0n) is 15.4. The number of amides is 1. The molecule has 0 radical (unpaired) electrons. The van der Waals surface area contributed by atoms with Crippen LogP contribution in [0.4, 0.5) is 0 Å². The van der Waals surface area contributed by atoms with E-state index in [0.29, 0.717) is 0 Å². The Hall–Kier alpha value is -0.960. The number of hydrogen-bond donors (Lipinski definition) is 2. The van der Waals surface area contributed by atoms with Gasteiger partial charge in [-0.05, 0) is 44.7 Å². The number of aliphatic imine (C=N–C) groups is 1. The van der Waals surface area contributed by atoms with Crippen LogP contribution in [0.25, 0.3) is 0 Å². The highest BCUT2D eigenvalue weighted by molar-refractivity contribution is 14.0. The lowest BCUT2D eigenvalue weighted by molar-refractivity contribution is -0.128. The van der Waals surface area contributed by atoms with Crippen molar-refractivity contribution in [3.05, 3.63) is 30.3 Å². The Morgan fingerprint density at radius 1 is 1.19 bits per heavy atom. The molecule has 144 valence electrons. The lowest BCUT2D eigenvalue weighted by atomic mass is 10.4. The van der Waals surface area contributed by atoms with Crippen LogP contribution >= 0.6 is 35.7 Å². The molecule has 0 bridgehead atoms. The van der Waals surface area contributed by atoms with Crippen molar-refractivity contribution in [2.45, 2.75) is 42.2 Å². The molecule has 1 saturated heterocycles. The number of benzene rings is 1. The van der Waals surface area contributed by atoms with Gasteiger partial charge in [0.2, 0.25) is 5.91 Å². The van der Waals surface area contributed by atoms with E-state index in [1.54, 1.807) is 0 Å². The van der Waals surface area contributed by atoms with E-state index in [4.69, 9.17) is 0 Å². The summed E-state index contributed by atoms with van der Waals surface area (Å²) in [5.74, 6) is 0.879. The fourth-order valence-corrected chi connectivity index (χ4v) is 4.24. The van der Waals surface area contributed by atoms with Crippen LogP contribution < -0.4 is 10.6 Å². The van der Waals surface area contributed by atoms with Gasteiger partial charge in [0, 0.05) is 35.8 Å². The second kappa shape index (κ2) is 10.4. The number of likely N-dealkylation sites (tertiary alicyclic amines) is 1. The predicted molar refractivity (Wildman–Crippen MR) is 119 cm³/mol. The molecule has 0 unspecified atom stereocenters. The molecule has 7 heteroatoms. The summed E-state index contributed by atoms with van der Waals surface area (Å²) in [7, 11) is 0. The first-order valence-electron chi connectivity index (χ1n) is 9.25. The Balaban J connectivity index is 0.00000243. The fraction of sp³-hybridized carbons (Fsp3) is 0.579. The van der Waals surface area contributed by atoms with E-state index in [0.717, 1.165) is 45.0 Å². The van der Waals surface area contributed by atoms with Crippen LogP contribution in [0, 0.1) is 0 Å². The average molecular weight is 488 g/mol. The lowest BCUT2D eigenvalue weighted by Gasteiger charge is -2.19. The van der Waals surface area contributed by atoms with Crippen LogP contribution in [0.5, 0.6) is 0 Å². The van der Waals surface area contributed by atoms with Gasteiger partial charge in [-0.25, -0.2) is 4.99 Å². The first-order valence-corrected chi connectivity index (χ1v) is 10.1. The van der Waals surface area contributed by atoms with Gasteiger partial charge >= 0.3 is 0 Å². The molecule has 1 aliphatic heterocycles. The zero-order chi connectivity index (χ0) is 17.5. The van der Waals surface area contributed by atoms with Gasteiger partial charge in [-0.3, -0.25) is 4.79 Å². The van der Waals surface area contributed by atoms with E-state index in [2.05, 4.69) is 46.0 Å². The van der Waals surface area contributed by atoms with Crippen molar-refractivity contribution in [3.8, 4) is 0 Å². The molecule has 1 aliphatic carbocycles. The number of hydrogen-bond acceptors (Lipinski definition) is 3. The van der Waals surface area contributed by atoms with Crippen molar-refractivity contribution in [1.82, 2.24) is 15.5 Å². The molecule has 1 heterocycles. The largest absolute Gasteiger partial charge is 0.357 e. The van der Waals surface area contributed by atoms with Gasteiger partial charge in [0.1, 0.15) is 6.54 Å². The molecule has 1 aromatic rings. The molecule has 2 fully saturated rings. The average Bonchev–Trinajstić information content (AvgIpc) is 3.17. The standard InChI is InChI=1S/C19H28N4OS.HI/c1-2-20-18(21-14-17(24)23-12-6-7-13-23)22-15-19(10-11-19)25-16-8-4-3-5-9-16;/h3-5,8-9H,2,6-7,10-15H2,1H3,(H2,20,21,22);1H. The van der Waals surface area contributed by atoms with E-state index < -0.39 is 0 Å². The van der Waals surface area contributed by atoms with Crippen LogP contribution in [0.1, 0.15) is 32.6 Å². The van der Waals surface area contributed by atoms with E-state index in [1.807, 2.05) is 23.6 Å².